The van der Waals surface area contributed by atoms with Gasteiger partial charge in [0.1, 0.15) is 6.04 Å². The Kier molecular flexibility index (Phi) is 10.1. The minimum Gasteiger partial charge on any atom is -0.352 e. The fraction of sp³-hybridized carbons (Fsp3) is 0.417. The van der Waals surface area contributed by atoms with E-state index in [1.165, 1.54) is 11.4 Å². The summed E-state index contributed by atoms with van der Waals surface area (Å²) in [6, 6.07) is 15.1. The van der Waals surface area contributed by atoms with Gasteiger partial charge in [-0.1, -0.05) is 46.3 Å². The molecule has 180 valence electrons. The van der Waals surface area contributed by atoms with Crippen LogP contribution in [-0.4, -0.2) is 55.1 Å². The number of hydrogen-bond donors (Lipinski definition) is 1. The molecule has 1 atom stereocenters. The number of sulfonamides is 1. The lowest BCUT2D eigenvalue weighted by molar-refractivity contribution is -0.140. The molecule has 0 aliphatic carbocycles. The minimum absolute atomic E-state index is 0.0403. The molecule has 2 aromatic rings. The molecule has 33 heavy (non-hydrogen) atoms. The number of rotatable bonds is 11. The number of halogens is 1. The highest BCUT2D eigenvalue weighted by Gasteiger charge is 2.27. The maximum absolute atomic E-state index is 13.1. The Hall–Kier alpha value is -2.23. The van der Waals surface area contributed by atoms with Crippen LogP contribution < -0.4 is 5.32 Å². The molecule has 0 aliphatic heterocycles. The number of benzene rings is 2. The molecule has 0 aliphatic rings. The molecule has 0 saturated carbocycles. The van der Waals surface area contributed by atoms with Crippen LogP contribution in [0.2, 0.25) is 0 Å². The molecule has 0 spiro atoms. The molecule has 1 N–H and O–H groups in total. The maximum Gasteiger partial charge on any atom is 0.242 e. The van der Waals surface area contributed by atoms with Gasteiger partial charge >= 0.3 is 0 Å². The Morgan fingerprint density at radius 3 is 2.18 bits per heavy atom. The molecule has 0 saturated heterocycles. The van der Waals surface area contributed by atoms with E-state index in [-0.39, 0.29) is 42.3 Å². The molecule has 0 aromatic heterocycles. The van der Waals surface area contributed by atoms with Crippen molar-refractivity contribution in [3.63, 3.8) is 0 Å². The van der Waals surface area contributed by atoms with E-state index in [4.69, 9.17) is 0 Å². The van der Waals surface area contributed by atoms with Crippen LogP contribution in [0.4, 0.5) is 0 Å². The first-order chi connectivity index (χ1) is 15.5. The molecule has 0 fully saturated rings. The van der Waals surface area contributed by atoms with Crippen molar-refractivity contribution < 1.29 is 18.0 Å². The van der Waals surface area contributed by atoms with Crippen molar-refractivity contribution >= 4 is 37.8 Å². The van der Waals surface area contributed by atoms with Crippen LogP contribution in [0.5, 0.6) is 0 Å². The van der Waals surface area contributed by atoms with Gasteiger partial charge in [-0.3, -0.25) is 9.59 Å². The van der Waals surface area contributed by atoms with Crippen molar-refractivity contribution in [2.24, 2.45) is 0 Å². The standard InChI is InChI=1S/C24H32BrN3O4S/c1-18(2)26-24(30)19(3)28(17-20-12-14-21(25)15-13-20)23(29)11-8-16-27(4)33(31,32)22-9-6-5-7-10-22/h5-7,9-10,12-15,18-19H,8,11,16-17H2,1-4H3,(H,26,30). The van der Waals surface area contributed by atoms with E-state index < -0.39 is 16.1 Å². The van der Waals surface area contributed by atoms with Gasteiger partial charge in [0, 0.05) is 37.1 Å². The zero-order chi connectivity index (χ0) is 24.6. The van der Waals surface area contributed by atoms with Crippen molar-refractivity contribution in [3.05, 3.63) is 64.6 Å². The second-order valence-corrected chi connectivity index (χ2v) is 11.2. The topological polar surface area (TPSA) is 86.8 Å². The first kappa shape index (κ1) is 27.0. The lowest BCUT2D eigenvalue weighted by atomic mass is 10.1. The predicted molar refractivity (Wildman–Crippen MR) is 133 cm³/mol. The van der Waals surface area contributed by atoms with Crippen LogP contribution >= 0.6 is 15.9 Å². The smallest absolute Gasteiger partial charge is 0.242 e. The summed E-state index contributed by atoms with van der Waals surface area (Å²) in [4.78, 5) is 27.5. The van der Waals surface area contributed by atoms with Crippen LogP contribution in [-0.2, 0) is 26.2 Å². The zero-order valence-corrected chi connectivity index (χ0v) is 21.9. The summed E-state index contributed by atoms with van der Waals surface area (Å²) in [7, 11) is -2.11. The van der Waals surface area contributed by atoms with Crippen LogP contribution in [0.15, 0.2) is 64.0 Å². The van der Waals surface area contributed by atoms with E-state index >= 15 is 0 Å². The fourth-order valence-corrected chi connectivity index (χ4v) is 4.76. The fourth-order valence-electron chi connectivity index (χ4n) is 3.26. The summed E-state index contributed by atoms with van der Waals surface area (Å²) < 4.78 is 27.6. The third kappa shape index (κ3) is 7.94. The third-order valence-corrected chi connectivity index (χ3v) is 7.58. The highest BCUT2D eigenvalue weighted by molar-refractivity contribution is 9.10. The average Bonchev–Trinajstić information content (AvgIpc) is 2.78. The maximum atomic E-state index is 13.1. The number of nitrogens with zero attached hydrogens (tertiary/aromatic N) is 2. The first-order valence-electron chi connectivity index (χ1n) is 10.9. The van der Waals surface area contributed by atoms with E-state index in [0.29, 0.717) is 6.42 Å². The first-order valence-corrected chi connectivity index (χ1v) is 13.1. The van der Waals surface area contributed by atoms with E-state index in [0.717, 1.165) is 10.0 Å². The van der Waals surface area contributed by atoms with Gasteiger partial charge < -0.3 is 10.2 Å². The highest BCUT2D eigenvalue weighted by atomic mass is 79.9. The molecule has 9 heteroatoms. The second-order valence-electron chi connectivity index (χ2n) is 8.23. The molecule has 7 nitrogen and oxygen atoms in total. The Balaban J connectivity index is 2.07. The predicted octanol–water partition coefficient (Wildman–Crippen LogP) is 3.79. The molecule has 2 amide bonds. The van der Waals surface area contributed by atoms with Gasteiger partial charge in [-0.15, -0.1) is 0 Å². The molecular formula is C24H32BrN3O4S. The minimum atomic E-state index is -3.61. The van der Waals surface area contributed by atoms with Crippen molar-refractivity contribution in [1.82, 2.24) is 14.5 Å². The van der Waals surface area contributed by atoms with Crippen molar-refractivity contribution in [2.75, 3.05) is 13.6 Å². The number of carbonyl (C=O) groups is 2. The van der Waals surface area contributed by atoms with E-state index in [1.54, 1.807) is 42.2 Å². The summed E-state index contributed by atoms with van der Waals surface area (Å²) in [6.07, 6.45) is 0.473. The SMILES string of the molecule is CC(C)NC(=O)C(C)N(Cc1ccc(Br)cc1)C(=O)CCCN(C)S(=O)(=O)c1ccccc1. The largest absolute Gasteiger partial charge is 0.352 e. The average molecular weight is 539 g/mol. The second kappa shape index (κ2) is 12.3. The van der Waals surface area contributed by atoms with Gasteiger partial charge in [-0.05, 0) is 57.0 Å². The number of hydrogen-bond acceptors (Lipinski definition) is 4. The van der Waals surface area contributed by atoms with Gasteiger partial charge in [0.05, 0.1) is 4.90 Å². The molecular weight excluding hydrogens is 506 g/mol. The van der Waals surface area contributed by atoms with Gasteiger partial charge in [0.2, 0.25) is 21.8 Å². The summed E-state index contributed by atoms with van der Waals surface area (Å²) in [6.45, 7) is 5.93. The molecule has 0 bridgehead atoms. The molecule has 1 unspecified atom stereocenters. The molecule has 0 radical (unpaired) electrons. The lowest BCUT2D eigenvalue weighted by Crippen LogP contribution is -2.49. The number of carbonyl (C=O) groups excluding carboxylic acids is 2. The quantitative estimate of drug-likeness (QED) is 0.472. The zero-order valence-electron chi connectivity index (χ0n) is 19.5. The Bertz CT molecular complexity index is 1030. The van der Waals surface area contributed by atoms with Crippen LogP contribution in [0, 0.1) is 0 Å². The normalized spacial score (nSPS) is 12.6. The van der Waals surface area contributed by atoms with Crippen molar-refractivity contribution in [1.29, 1.82) is 0 Å². The number of nitrogens with one attached hydrogen (secondary N) is 1. The molecule has 2 aromatic carbocycles. The highest BCUT2D eigenvalue weighted by Crippen LogP contribution is 2.17. The Morgan fingerprint density at radius 1 is 1.00 bits per heavy atom. The Labute approximate surface area is 205 Å². The van der Waals surface area contributed by atoms with Gasteiger partial charge in [-0.25, -0.2) is 12.7 Å². The molecule has 2 rings (SSSR count). The van der Waals surface area contributed by atoms with Gasteiger partial charge in [-0.2, -0.15) is 0 Å². The van der Waals surface area contributed by atoms with Crippen LogP contribution in [0.3, 0.4) is 0 Å². The van der Waals surface area contributed by atoms with Gasteiger partial charge in [0.15, 0.2) is 0 Å². The van der Waals surface area contributed by atoms with E-state index in [1.807, 2.05) is 38.1 Å². The third-order valence-electron chi connectivity index (χ3n) is 5.18. The van der Waals surface area contributed by atoms with Crippen LogP contribution in [0.25, 0.3) is 0 Å². The molecule has 0 heterocycles. The van der Waals surface area contributed by atoms with E-state index in [9.17, 15) is 18.0 Å². The lowest BCUT2D eigenvalue weighted by Gasteiger charge is -2.29. The number of amides is 2. The van der Waals surface area contributed by atoms with Crippen LogP contribution in [0.1, 0.15) is 39.2 Å². The Morgan fingerprint density at radius 2 is 1.61 bits per heavy atom. The summed E-state index contributed by atoms with van der Waals surface area (Å²) >= 11 is 3.40. The van der Waals surface area contributed by atoms with E-state index in [2.05, 4.69) is 21.2 Å². The monoisotopic (exact) mass is 537 g/mol. The summed E-state index contributed by atoms with van der Waals surface area (Å²) in [5.41, 5.74) is 0.902. The summed E-state index contributed by atoms with van der Waals surface area (Å²) in [5.74, 6) is -0.422. The van der Waals surface area contributed by atoms with Crippen molar-refractivity contribution in [2.45, 2.75) is 57.1 Å². The van der Waals surface area contributed by atoms with Crippen molar-refractivity contribution in [3.8, 4) is 0 Å². The van der Waals surface area contributed by atoms with Gasteiger partial charge in [0.25, 0.3) is 0 Å². The summed E-state index contributed by atoms with van der Waals surface area (Å²) in [5, 5.41) is 2.86.